The van der Waals surface area contributed by atoms with Crippen LogP contribution in [-0.2, 0) is 41.9 Å². The highest BCUT2D eigenvalue weighted by molar-refractivity contribution is 7.48. The van der Waals surface area contributed by atoms with Crippen molar-refractivity contribution in [3.8, 4) is 0 Å². The fourth-order valence-electron chi connectivity index (χ4n) is 1.16. The summed E-state index contributed by atoms with van der Waals surface area (Å²) in [6.07, 6.45) is 0. The Morgan fingerprint density at radius 3 is 1.44 bits per heavy atom. The first-order chi connectivity index (χ1) is 11.7. The second-order valence-corrected chi connectivity index (χ2v) is 6.44. The van der Waals surface area contributed by atoms with Crippen molar-refractivity contribution in [1.82, 2.24) is 0 Å². The van der Waals surface area contributed by atoms with Crippen molar-refractivity contribution in [2.45, 2.75) is 13.8 Å². The van der Waals surface area contributed by atoms with Crippen LogP contribution in [0.4, 0.5) is 0 Å². The zero-order valence-electron chi connectivity index (χ0n) is 14.8. The topological polar surface area (TPSA) is 107 Å². The van der Waals surface area contributed by atoms with Gasteiger partial charge < -0.3 is 14.2 Å². The molecule has 0 aliphatic heterocycles. The Morgan fingerprint density at radius 2 is 1.12 bits per heavy atom. The first-order valence-corrected chi connectivity index (χ1v) is 8.85. The van der Waals surface area contributed by atoms with Crippen molar-refractivity contribution in [3.63, 3.8) is 0 Å². The third-order valence-corrected chi connectivity index (χ3v) is 3.86. The van der Waals surface area contributed by atoms with E-state index in [4.69, 9.17) is 27.8 Å². The molecular weight excluding hydrogens is 355 g/mol. The molecule has 0 spiro atoms. The number of hydrogen-bond donors (Lipinski definition) is 0. The van der Waals surface area contributed by atoms with Gasteiger partial charge in [-0.05, 0) is 13.8 Å². The van der Waals surface area contributed by atoms with Crippen LogP contribution in [-0.4, -0.2) is 58.7 Å². The molecule has 0 aromatic heterocycles. The van der Waals surface area contributed by atoms with Gasteiger partial charge in [0, 0.05) is 18.3 Å². The molecule has 0 radical (unpaired) electrons. The summed E-state index contributed by atoms with van der Waals surface area (Å²) in [5.41, 5.74) is 0.463. The van der Waals surface area contributed by atoms with E-state index >= 15 is 0 Å². The number of hydrogen-bond acceptors (Lipinski definition) is 9. The van der Waals surface area contributed by atoms with Gasteiger partial charge >= 0.3 is 19.8 Å². The maximum absolute atomic E-state index is 12.4. The summed E-state index contributed by atoms with van der Waals surface area (Å²) in [7, 11) is -2.48. The summed E-state index contributed by atoms with van der Waals surface area (Å²) < 4.78 is 42.0. The van der Waals surface area contributed by atoms with Gasteiger partial charge in [0.05, 0.1) is 26.4 Å². The van der Waals surface area contributed by atoms with E-state index in [2.05, 4.69) is 13.2 Å². The van der Waals surface area contributed by atoms with E-state index in [1.165, 1.54) is 21.0 Å². The molecule has 25 heavy (non-hydrogen) atoms. The molecule has 0 atom stereocenters. The third kappa shape index (κ3) is 11.6. The highest BCUT2D eigenvalue weighted by atomic mass is 31.2. The minimum Gasteiger partial charge on any atom is -0.460 e. The fraction of sp³-hybridized carbons (Fsp3) is 0.600. The SMILES string of the molecule is C=C(C)C(=O)OCCOP(=O)(OCCOC)OCCOC(=O)C(=C)C. The standard InChI is InChI=1S/C15H25O9P/c1-12(2)14(16)20-7-10-23-25(18,22-9-6-19-5)24-11-8-21-15(17)13(3)4/h1,3,6-11H2,2,4-5H3. The minimum atomic E-state index is -3.92. The number of methoxy groups -OCH3 is 1. The molecule has 0 rings (SSSR count). The maximum atomic E-state index is 12.4. The van der Waals surface area contributed by atoms with Gasteiger partial charge in [-0.1, -0.05) is 13.2 Å². The van der Waals surface area contributed by atoms with E-state index in [0.29, 0.717) is 0 Å². The van der Waals surface area contributed by atoms with Gasteiger partial charge in [-0.25, -0.2) is 14.2 Å². The summed E-state index contributed by atoms with van der Waals surface area (Å²) in [5.74, 6) is -1.18. The number of carbonyl (C=O) groups excluding carboxylic acids is 2. The molecule has 0 N–H and O–H groups in total. The van der Waals surface area contributed by atoms with Crippen LogP contribution in [0.1, 0.15) is 13.8 Å². The van der Waals surface area contributed by atoms with Crippen LogP contribution >= 0.6 is 7.82 Å². The van der Waals surface area contributed by atoms with Crippen LogP contribution in [0.5, 0.6) is 0 Å². The molecule has 0 aliphatic rings. The molecule has 9 nitrogen and oxygen atoms in total. The Balaban J connectivity index is 4.34. The molecule has 0 amide bonds. The maximum Gasteiger partial charge on any atom is 0.475 e. The third-order valence-electron chi connectivity index (χ3n) is 2.37. The molecule has 0 unspecified atom stereocenters. The summed E-state index contributed by atoms with van der Waals surface area (Å²) in [6, 6.07) is 0. The van der Waals surface area contributed by atoms with Gasteiger partial charge in [-0.3, -0.25) is 13.6 Å². The highest BCUT2D eigenvalue weighted by Gasteiger charge is 2.27. The van der Waals surface area contributed by atoms with Gasteiger partial charge in [0.1, 0.15) is 13.2 Å². The molecule has 10 heteroatoms. The largest absolute Gasteiger partial charge is 0.475 e. The predicted molar refractivity (Wildman–Crippen MR) is 88.9 cm³/mol. The molecule has 0 aromatic carbocycles. The van der Waals surface area contributed by atoms with Crippen LogP contribution in [0, 0.1) is 0 Å². The zero-order chi connectivity index (χ0) is 19.3. The Kier molecular flexibility index (Phi) is 12.0. The number of phosphoric acid groups is 1. The average molecular weight is 380 g/mol. The van der Waals surface area contributed by atoms with Crippen molar-refractivity contribution in [2.75, 3.05) is 46.8 Å². The Bertz CT molecular complexity index is 477. The average Bonchev–Trinajstić information content (AvgIpc) is 2.55. The van der Waals surface area contributed by atoms with E-state index in [1.807, 2.05) is 0 Å². The Morgan fingerprint density at radius 1 is 0.760 bits per heavy atom. The zero-order valence-corrected chi connectivity index (χ0v) is 15.7. The van der Waals surface area contributed by atoms with Gasteiger partial charge in [0.15, 0.2) is 0 Å². The molecular formula is C15H25O9P. The van der Waals surface area contributed by atoms with Crippen LogP contribution in [0.3, 0.4) is 0 Å². The van der Waals surface area contributed by atoms with Gasteiger partial charge in [-0.15, -0.1) is 0 Å². The molecule has 0 heterocycles. The quantitative estimate of drug-likeness (QED) is 0.194. The van der Waals surface area contributed by atoms with Crippen LogP contribution in [0.15, 0.2) is 24.3 Å². The van der Waals surface area contributed by atoms with Crippen molar-refractivity contribution < 1.29 is 41.9 Å². The van der Waals surface area contributed by atoms with Gasteiger partial charge in [0.2, 0.25) is 0 Å². The Hall–Kier alpha value is -1.51. The van der Waals surface area contributed by atoms with Gasteiger partial charge in [0.25, 0.3) is 0 Å². The first kappa shape index (κ1) is 23.5. The van der Waals surface area contributed by atoms with Crippen molar-refractivity contribution in [3.05, 3.63) is 24.3 Å². The number of carbonyl (C=O) groups is 2. The van der Waals surface area contributed by atoms with Crippen molar-refractivity contribution in [1.29, 1.82) is 0 Å². The lowest BCUT2D eigenvalue weighted by atomic mass is 10.4. The molecule has 144 valence electrons. The summed E-state index contributed by atoms with van der Waals surface area (Å²) >= 11 is 0. The van der Waals surface area contributed by atoms with Crippen LogP contribution < -0.4 is 0 Å². The molecule has 0 saturated carbocycles. The number of esters is 2. The molecule has 0 saturated heterocycles. The lowest BCUT2D eigenvalue weighted by molar-refractivity contribution is -0.140. The van der Waals surface area contributed by atoms with Gasteiger partial charge in [-0.2, -0.15) is 0 Å². The normalized spacial score (nSPS) is 11.0. The van der Waals surface area contributed by atoms with Crippen molar-refractivity contribution >= 4 is 19.8 Å². The monoisotopic (exact) mass is 380 g/mol. The second-order valence-electron chi connectivity index (χ2n) is 4.77. The number of rotatable bonds is 14. The van der Waals surface area contributed by atoms with E-state index in [-0.39, 0.29) is 50.8 Å². The lowest BCUT2D eigenvalue weighted by Crippen LogP contribution is -2.14. The molecule has 0 bridgehead atoms. The van der Waals surface area contributed by atoms with Crippen LogP contribution in [0.2, 0.25) is 0 Å². The number of phosphoric ester groups is 1. The van der Waals surface area contributed by atoms with E-state index in [9.17, 15) is 14.2 Å². The summed E-state index contributed by atoms with van der Waals surface area (Å²) in [4.78, 5) is 22.5. The molecule has 0 fully saturated rings. The lowest BCUT2D eigenvalue weighted by Gasteiger charge is -2.18. The molecule has 0 aliphatic carbocycles. The molecule has 0 aromatic rings. The summed E-state index contributed by atoms with van der Waals surface area (Å²) in [6.45, 7) is 9.25. The predicted octanol–water partition coefficient (Wildman–Crippen LogP) is 2.03. The van der Waals surface area contributed by atoms with E-state index < -0.39 is 19.8 Å². The highest BCUT2D eigenvalue weighted by Crippen LogP contribution is 2.49. The summed E-state index contributed by atoms with van der Waals surface area (Å²) in [5, 5.41) is 0. The smallest absolute Gasteiger partial charge is 0.460 e. The van der Waals surface area contributed by atoms with E-state index in [0.717, 1.165) is 0 Å². The second kappa shape index (κ2) is 12.8. The van der Waals surface area contributed by atoms with Crippen LogP contribution in [0.25, 0.3) is 0 Å². The fourth-order valence-corrected chi connectivity index (χ4v) is 2.28. The van der Waals surface area contributed by atoms with E-state index in [1.54, 1.807) is 0 Å². The number of ether oxygens (including phenoxy) is 3. The first-order valence-electron chi connectivity index (χ1n) is 7.39. The van der Waals surface area contributed by atoms with Crippen molar-refractivity contribution in [2.24, 2.45) is 0 Å². The minimum absolute atomic E-state index is 0.0368. The Labute approximate surface area is 147 Å².